The maximum Gasteiger partial charge on any atom is 0.241 e. The van der Waals surface area contributed by atoms with Crippen molar-refractivity contribution in [3.05, 3.63) is 28.2 Å². The van der Waals surface area contributed by atoms with Gasteiger partial charge in [0.2, 0.25) is 10.0 Å². The van der Waals surface area contributed by atoms with Crippen LogP contribution < -0.4 is 4.72 Å². The number of nitrogens with zero attached hydrogens (tertiary/aromatic N) is 1. The molecule has 0 heterocycles. The second kappa shape index (κ2) is 8.09. The van der Waals surface area contributed by atoms with E-state index in [1.165, 1.54) is 6.07 Å². The van der Waals surface area contributed by atoms with Crippen LogP contribution in [0.15, 0.2) is 27.6 Å². The standard InChI is InChI=1S/C13H21BrN2O3S/c1-3-16(4-2)8-7-15-20(18,19)13-6-5-11(10-17)9-12(13)14/h5-6,9,15,17H,3-4,7-8,10H2,1-2H3. The Morgan fingerprint density at radius 3 is 2.45 bits per heavy atom. The second-order valence-electron chi connectivity index (χ2n) is 4.35. The topological polar surface area (TPSA) is 69.6 Å². The number of benzene rings is 1. The number of aliphatic hydroxyl groups is 1. The van der Waals surface area contributed by atoms with Gasteiger partial charge in [-0.3, -0.25) is 0 Å². The lowest BCUT2D eigenvalue weighted by atomic mass is 10.2. The number of sulfonamides is 1. The summed E-state index contributed by atoms with van der Waals surface area (Å²) < 4.78 is 27.4. The van der Waals surface area contributed by atoms with Gasteiger partial charge in [-0.1, -0.05) is 19.9 Å². The van der Waals surface area contributed by atoms with Crippen molar-refractivity contribution in [2.24, 2.45) is 0 Å². The maximum atomic E-state index is 12.2. The van der Waals surface area contributed by atoms with Gasteiger partial charge in [-0.25, -0.2) is 13.1 Å². The SMILES string of the molecule is CCN(CC)CCNS(=O)(=O)c1ccc(CO)cc1Br. The molecular formula is C13H21BrN2O3S. The molecule has 1 aromatic carbocycles. The number of rotatable bonds is 8. The van der Waals surface area contributed by atoms with Crippen LogP contribution in [0.1, 0.15) is 19.4 Å². The van der Waals surface area contributed by atoms with E-state index in [9.17, 15) is 8.42 Å². The minimum atomic E-state index is -3.53. The maximum absolute atomic E-state index is 12.2. The molecule has 0 aromatic heterocycles. The van der Waals surface area contributed by atoms with Crippen molar-refractivity contribution >= 4 is 26.0 Å². The molecule has 114 valence electrons. The number of aliphatic hydroxyl groups excluding tert-OH is 1. The summed E-state index contributed by atoms with van der Waals surface area (Å²) in [5.74, 6) is 0. The first kappa shape index (κ1) is 17.6. The van der Waals surface area contributed by atoms with Crippen LogP contribution in [0.25, 0.3) is 0 Å². The number of hydrogen-bond donors (Lipinski definition) is 2. The molecule has 0 saturated heterocycles. The van der Waals surface area contributed by atoms with Crippen LogP contribution in [0.4, 0.5) is 0 Å². The largest absolute Gasteiger partial charge is 0.392 e. The molecule has 0 aliphatic carbocycles. The summed E-state index contributed by atoms with van der Waals surface area (Å²) in [6.45, 7) is 6.82. The van der Waals surface area contributed by atoms with Crippen molar-refractivity contribution in [1.29, 1.82) is 0 Å². The van der Waals surface area contributed by atoms with E-state index in [1.54, 1.807) is 12.1 Å². The smallest absolute Gasteiger partial charge is 0.241 e. The predicted molar refractivity (Wildman–Crippen MR) is 83.0 cm³/mol. The Balaban J connectivity index is 2.74. The first-order valence-electron chi connectivity index (χ1n) is 6.55. The van der Waals surface area contributed by atoms with E-state index in [1.807, 2.05) is 13.8 Å². The highest BCUT2D eigenvalue weighted by Gasteiger charge is 2.17. The Morgan fingerprint density at radius 1 is 1.30 bits per heavy atom. The minimum absolute atomic E-state index is 0.117. The second-order valence-corrected chi connectivity index (χ2v) is 6.94. The minimum Gasteiger partial charge on any atom is -0.392 e. The zero-order valence-corrected chi connectivity index (χ0v) is 14.2. The lowest BCUT2D eigenvalue weighted by molar-refractivity contribution is 0.281. The first-order chi connectivity index (χ1) is 9.44. The summed E-state index contributed by atoms with van der Waals surface area (Å²) in [6, 6.07) is 4.71. The van der Waals surface area contributed by atoms with Crippen molar-refractivity contribution in [2.75, 3.05) is 26.2 Å². The van der Waals surface area contributed by atoms with E-state index in [4.69, 9.17) is 5.11 Å². The van der Waals surface area contributed by atoms with Crippen molar-refractivity contribution in [3.8, 4) is 0 Å². The van der Waals surface area contributed by atoms with Crippen molar-refractivity contribution in [1.82, 2.24) is 9.62 Å². The third-order valence-corrected chi connectivity index (χ3v) is 5.52. The lowest BCUT2D eigenvalue weighted by Crippen LogP contribution is -2.34. The van der Waals surface area contributed by atoms with Gasteiger partial charge in [0.15, 0.2) is 0 Å². The fourth-order valence-electron chi connectivity index (χ4n) is 1.82. The number of halogens is 1. The molecular weight excluding hydrogens is 344 g/mol. The van der Waals surface area contributed by atoms with E-state index in [-0.39, 0.29) is 11.5 Å². The van der Waals surface area contributed by atoms with Crippen molar-refractivity contribution in [3.63, 3.8) is 0 Å². The Bertz CT molecular complexity index is 530. The Kier molecular flexibility index (Phi) is 7.11. The molecule has 0 spiro atoms. The van der Waals surface area contributed by atoms with Gasteiger partial charge in [0.05, 0.1) is 11.5 Å². The molecule has 0 radical (unpaired) electrons. The highest BCUT2D eigenvalue weighted by atomic mass is 79.9. The van der Waals surface area contributed by atoms with E-state index >= 15 is 0 Å². The van der Waals surface area contributed by atoms with E-state index < -0.39 is 10.0 Å². The van der Waals surface area contributed by atoms with Crippen molar-refractivity contribution < 1.29 is 13.5 Å². The number of likely N-dealkylation sites (N-methyl/N-ethyl adjacent to an activating group) is 1. The molecule has 1 aromatic rings. The molecule has 0 amide bonds. The van der Waals surface area contributed by atoms with Gasteiger partial charge in [-0.2, -0.15) is 0 Å². The van der Waals surface area contributed by atoms with Gasteiger partial charge in [-0.05, 0) is 46.7 Å². The third-order valence-electron chi connectivity index (χ3n) is 3.08. The number of hydrogen-bond acceptors (Lipinski definition) is 4. The molecule has 0 aliphatic heterocycles. The average Bonchev–Trinajstić information content (AvgIpc) is 2.43. The Labute approximate surface area is 129 Å². The van der Waals surface area contributed by atoms with Crippen molar-refractivity contribution in [2.45, 2.75) is 25.3 Å². The molecule has 0 unspecified atom stereocenters. The van der Waals surface area contributed by atoms with Crippen LogP contribution in [-0.4, -0.2) is 44.6 Å². The van der Waals surface area contributed by atoms with Gasteiger partial charge >= 0.3 is 0 Å². The first-order valence-corrected chi connectivity index (χ1v) is 8.83. The van der Waals surface area contributed by atoms with E-state index in [2.05, 4.69) is 25.6 Å². The molecule has 0 bridgehead atoms. The highest BCUT2D eigenvalue weighted by molar-refractivity contribution is 9.10. The summed E-state index contributed by atoms with van der Waals surface area (Å²) in [4.78, 5) is 2.33. The van der Waals surface area contributed by atoms with Gasteiger partial charge in [0.25, 0.3) is 0 Å². The average molecular weight is 365 g/mol. The zero-order valence-electron chi connectivity index (χ0n) is 11.8. The Morgan fingerprint density at radius 2 is 1.95 bits per heavy atom. The van der Waals surface area contributed by atoms with E-state index in [0.29, 0.717) is 23.1 Å². The summed E-state index contributed by atoms with van der Waals surface area (Å²) >= 11 is 3.23. The third kappa shape index (κ3) is 4.82. The molecule has 0 fully saturated rings. The quantitative estimate of drug-likeness (QED) is 0.734. The summed E-state index contributed by atoms with van der Waals surface area (Å²) in [5.41, 5.74) is 0.666. The summed E-state index contributed by atoms with van der Waals surface area (Å²) in [7, 11) is -3.53. The lowest BCUT2D eigenvalue weighted by Gasteiger charge is -2.18. The predicted octanol–water partition coefficient (Wildman–Crippen LogP) is 1.56. The molecule has 0 saturated carbocycles. The van der Waals surface area contributed by atoms with E-state index in [0.717, 1.165) is 13.1 Å². The molecule has 5 nitrogen and oxygen atoms in total. The van der Waals surface area contributed by atoms with Gasteiger partial charge in [0.1, 0.15) is 0 Å². The van der Waals surface area contributed by atoms with Crippen LogP contribution in [-0.2, 0) is 16.6 Å². The summed E-state index contributed by atoms with van der Waals surface area (Å²) in [6.07, 6.45) is 0. The normalized spacial score (nSPS) is 12.1. The fraction of sp³-hybridized carbons (Fsp3) is 0.538. The van der Waals surface area contributed by atoms with Crippen LogP contribution in [0.2, 0.25) is 0 Å². The zero-order chi connectivity index (χ0) is 15.2. The van der Waals surface area contributed by atoms with Gasteiger partial charge in [-0.15, -0.1) is 0 Å². The molecule has 1 rings (SSSR count). The molecule has 0 atom stereocenters. The Hall–Kier alpha value is -0.470. The summed E-state index contributed by atoms with van der Waals surface area (Å²) in [5, 5.41) is 9.02. The molecule has 7 heteroatoms. The van der Waals surface area contributed by atoms with Crippen LogP contribution in [0.5, 0.6) is 0 Å². The molecule has 0 aliphatic rings. The molecule has 2 N–H and O–H groups in total. The molecule has 20 heavy (non-hydrogen) atoms. The highest BCUT2D eigenvalue weighted by Crippen LogP contribution is 2.23. The van der Waals surface area contributed by atoms with Gasteiger partial charge < -0.3 is 10.0 Å². The monoisotopic (exact) mass is 364 g/mol. The van der Waals surface area contributed by atoms with Crippen LogP contribution in [0, 0.1) is 0 Å². The number of nitrogens with one attached hydrogen (secondary N) is 1. The van der Waals surface area contributed by atoms with Crippen LogP contribution in [0.3, 0.4) is 0 Å². The fourth-order valence-corrected chi connectivity index (χ4v) is 3.96. The van der Waals surface area contributed by atoms with Crippen LogP contribution >= 0.6 is 15.9 Å². The van der Waals surface area contributed by atoms with Gasteiger partial charge in [0, 0.05) is 17.6 Å².